The van der Waals surface area contributed by atoms with Gasteiger partial charge >= 0.3 is 0 Å². The Morgan fingerprint density at radius 2 is 1.69 bits per heavy atom. The molecule has 0 bridgehead atoms. The molecule has 1 fully saturated rings. The third kappa shape index (κ3) is 2.67. The van der Waals surface area contributed by atoms with Gasteiger partial charge in [-0.05, 0) is 36.2 Å². The first-order chi connectivity index (χ1) is 12.2. The minimum absolute atomic E-state index is 0. The molecule has 1 saturated heterocycles. The number of benzene rings is 2. The van der Waals surface area contributed by atoms with Gasteiger partial charge in [0.15, 0.2) is 0 Å². The van der Waals surface area contributed by atoms with Crippen LogP contribution in [0.3, 0.4) is 0 Å². The molecule has 0 amide bonds. The number of alkyl halides is 1. The van der Waals surface area contributed by atoms with Crippen LogP contribution in [-0.4, -0.2) is 35.5 Å². The summed E-state index contributed by atoms with van der Waals surface area (Å²) in [6.45, 7) is 1.90. The maximum absolute atomic E-state index is 13.4. The van der Waals surface area contributed by atoms with Crippen molar-refractivity contribution in [3.8, 4) is 0 Å². The van der Waals surface area contributed by atoms with Crippen molar-refractivity contribution in [2.24, 2.45) is 4.99 Å². The van der Waals surface area contributed by atoms with Crippen molar-refractivity contribution in [1.29, 1.82) is 0 Å². The third-order valence-corrected chi connectivity index (χ3v) is 5.89. The van der Waals surface area contributed by atoms with Crippen LogP contribution in [0.15, 0.2) is 53.5 Å². The number of hydrogen-bond acceptors (Lipinski definition) is 3. The molecule has 3 aliphatic heterocycles. The van der Waals surface area contributed by atoms with Crippen LogP contribution in [0.4, 0.5) is 10.1 Å². The summed E-state index contributed by atoms with van der Waals surface area (Å²) in [4.78, 5) is 9.66. The number of amidine groups is 1. The Labute approximate surface area is 163 Å². The first kappa shape index (κ1) is 17.6. The summed E-state index contributed by atoms with van der Waals surface area (Å²) in [5.74, 6) is 1.17. The smallest absolute Gasteiger partial charge is 0.136 e. The summed E-state index contributed by atoms with van der Waals surface area (Å²) in [6, 6.07) is 15.4. The highest BCUT2D eigenvalue weighted by atomic mass is 35.5. The number of aliphatic imine (C=N–C) groups is 1. The summed E-state index contributed by atoms with van der Waals surface area (Å²) in [7, 11) is 0. The van der Waals surface area contributed by atoms with Gasteiger partial charge in [-0.15, -0.1) is 12.4 Å². The molecule has 26 heavy (non-hydrogen) atoms. The maximum Gasteiger partial charge on any atom is 0.136 e. The van der Waals surface area contributed by atoms with Gasteiger partial charge in [-0.3, -0.25) is 0 Å². The predicted octanol–water partition coefficient (Wildman–Crippen LogP) is 4.60. The van der Waals surface area contributed by atoms with Crippen LogP contribution in [0.1, 0.15) is 29.9 Å². The molecule has 3 heterocycles. The number of para-hydroxylation sites is 1. The zero-order valence-corrected chi connectivity index (χ0v) is 15.8. The largest absolute Gasteiger partial charge is 0.350 e. The van der Waals surface area contributed by atoms with E-state index in [-0.39, 0.29) is 29.9 Å². The number of fused-ring (bicyclic) bond motifs is 6. The van der Waals surface area contributed by atoms with Crippen LogP contribution in [0.25, 0.3) is 0 Å². The minimum atomic E-state index is -0.183. The molecule has 2 aromatic rings. The van der Waals surface area contributed by atoms with E-state index < -0.39 is 0 Å². The Balaban J connectivity index is 0.00000168. The first-order valence-corrected chi connectivity index (χ1v) is 9.26. The van der Waals surface area contributed by atoms with E-state index in [0.29, 0.717) is 5.92 Å². The molecule has 3 atom stereocenters. The lowest BCUT2D eigenvalue weighted by atomic mass is 9.92. The van der Waals surface area contributed by atoms with E-state index in [4.69, 9.17) is 16.6 Å². The van der Waals surface area contributed by atoms with E-state index in [9.17, 15) is 4.39 Å². The Bertz CT molecular complexity index is 839. The minimum Gasteiger partial charge on any atom is -0.350 e. The normalized spacial score (nSPS) is 26.4. The number of halogens is 3. The van der Waals surface area contributed by atoms with E-state index in [1.54, 1.807) is 12.1 Å². The average Bonchev–Trinajstić information content (AvgIpc) is 3.08. The Morgan fingerprint density at radius 3 is 2.50 bits per heavy atom. The fourth-order valence-electron chi connectivity index (χ4n) is 4.49. The van der Waals surface area contributed by atoms with Gasteiger partial charge in [0.2, 0.25) is 0 Å². The fraction of sp³-hybridized carbons (Fsp3) is 0.350. The van der Waals surface area contributed by atoms with Gasteiger partial charge in [-0.25, -0.2) is 9.38 Å². The molecule has 6 heteroatoms. The Hall–Kier alpha value is -1.78. The van der Waals surface area contributed by atoms with Crippen molar-refractivity contribution in [3.63, 3.8) is 0 Å². The van der Waals surface area contributed by atoms with Crippen molar-refractivity contribution < 1.29 is 4.39 Å². The van der Waals surface area contributed by atoms with Crippen LogP contribution in [-0.2, 0) is 0 Å². The maximum atomic E-state index is 13.4. The molecule has 5 rings (SSSR count). The van der Waals surface area contributed by atoms with Crippen molar-refractivity contribution >= 4 is 35.5 Å². The first-order valence-electron chi connectivity index (χ1n) is 8.82. The van der Waals surface area contributed by atoms with Crippen molar-refractivity contribution in [1.82, 2.24) is 4.90 Å². The van der Waals surface area contributed by atoms with E-state index in [2.05, 4.69) is 34.1 Å². The van der Waals surface area contributed by atoms with Gasteiger partial charge in [0.1, 0.15) is 23.3 Å². The SMILES string of the molecule is Cl.Fc1ccc(C2CCN3c4ccccc4C4=NC(Cl)CCN4C23)cc1. The second-order valence-electron chi connectivity index (χ2n) is 6.94. The monoisotopic (exact) mass is 391 g/mol. The Kier molecular flexibility index (Phi) is 4.57. The fourth-order valence-corrected chi connectivity index (χ4v) is 4.68. The zero-order valence-electron chi connectivity index (χ0n) is 14.2. The van der Waals surface area contributed by atoms with E-state index >= 15 is 0 Å². The third-order valence-electron chi connectivity index (χ3n) is 5.57. The van der Waals surface area contributed by atoms with Gasteiger partial charge in [0.25, 0.3) is 0 Å². The standard InChI is InChI=1S/C20H19ClFN3.ClH/c21-18-10-12-25-19(23-18)16-3-1-2-4-17(16)24-11-9-15(20(24)25)13-5-7-14(22)8-6-13;/h1-8,15,18,20H,9-12H2;1H. The molecule has 0 aliphatic carbocycles. The molecule has 3 unspecified atom stereocenters. The number of anilines is 1. The molecule has 0 N–H and O–H groups in total. The molecule has 3 nitrogen and oxygen atoms in total. The molecular formula is C20H20Cl2FN3. The van der Waals surface area contributed by atoms with Crippen LogP contribution in [0.5, 0.6) is 0 Å². The Morgan fingerprint density at radius 1 is 0.962 bits per heavy atom. The summed E-state index contributed by atoms with van der Waals surface area (Å²) in [5, 5.41) is 0. The predicted molar refractivity (Wildman–Crippen MR) is 106 cm³/mol. The van der Waals surface area contributed by atoms with Crippen LogP contribution >= 0.6 is 24.0 Å². The van der Waals surface area contributed by atoms with E-state index in [1.807, 2.05) is 12.1 Å². The lowest BCUT2D eigenvalue weighted by molar-refractivity contribution is 0.271. The average molecular weight is 392 g/mol. The van der Waals surface area contributed by atoms with Gasteiger partial charge in [0, 0.05) is 36.7 Å². The summed E-state index contributed by atoms with van der Waals surface area (Å²) in [5.41, 5.74) is 3.44. The van der Waals surface area contributed by atoms with Crippen LogP contribution in [0, 0.1) is 5.82 Å². The summed E-state index contributed by atoms with van der Waals surface area (Å²) in [6.07, 6.45) is 2.13. The number of hydrogen-bond donors (Lipinski definition) is 0. The van der Waals surface area contributed by atoms with Crippen LogP contribution in [0.2, 0.25) is 0 Å². The van der Waals surface area contributed by atoms with Crippen molar-refractivity contribution in [2.75, 3.05) is 18.0 Å². The topological polar surface area (TPSA) is 18.8 Å². The molecule has 3 aliphatic rings. The lowest BCUT2D eigenvalue weighted by Gasteiger charge is -2.47. The summed E-state index contributed by atoms with van der Waals surface area (Å²) >= 11 is 6.35. The van der Waals surface area contributed by atoms with Crippen molar-refractivity contribution in [2.45, 2.75) is 30.4 Å². The van der Waals surface area contributed by atoms with E-state index in [0.717, 1.165) is 31.8 Å². The lowest BCUT2D eigenvalue weighted by Crippen LogP contribution is -2.56. The van der Waals surface area contributed by atoms with Gasteiger partial charge < -0.3 is 9.80 Å². The van der Waals surface area contributed by atoms with Gasteiger partial charge in [-0.1, -0.05) is 35.9 Å². The molecule has 0 radical (unpaired) electrons. The molecule has 0 saturated carbocycles. The van der Waals surface area contributed by atoms with Crippen LogP contribution < -0.4 is 4.90 Å². The number of rotatable bonds is 1. The quantitative estimate of drug-likeness (QED) is 0.522. The molecular weight excluding hydrogens is 372 g/mol. The molecule has 2 aromatic carbocycles. The zero-order chi connectivity index (χ0) is 17.0. The highest BCUT2D eigenvalue weighted by Gasteiger charge is 2.46. The molecule has 0 aromatic heterocycles. The second kappa shape index (κ2) is 6.75. The van der Waals surface area contributed by atoms with Gasteiger partial charge in [-0.2, -0.15) is 0 Å². The summed E-state index contributed by atoms with van der Waals surface area (Å²) < 4.78 is 13.4. The highest BCUT2D eigenvalue weighted by molar-refractivity contribution is 6.22. The van der Waals surface area contributed by atoms with Gasteiger partial charge in [0.05, 0.1) is 0 Å². The molecule has 0 spiro atoms. The van der Waals surface area contributed by atoms with Crippen molar-refractivity contribution in [3.05, 3.63) is 65.5 Å². The highest BCUT2D eigenvalue weighted by Crippen LogP contribution is 2.44. The molecule has 136 valence electrons. The number of nitrogens with zero attached hydrogens (tertiary/aromatic N) is 3. The second-order valence-corrected chi connectivity index (χ2v) is 7.44. The van der Waals surface area contributed by atoms with E-state index in [1.165, 1.54) is 16.8 Å².